The normalized spacial score (nSPS) is 19.5. The Kier molecular flexibility index (Phi) is 6.87. The minimum atomic E-state index is -4.61. The molecular formula is C27H31F3N4S. The van der Waals surface area contributed by atoms with Gasteiger partial charge in [-0.3, -0.25) is 0 Å². The van der Waals surface area contributed by atoms with E-state index in [0.717, 1.165) is 37.7 Å². The molecule has 2 aromatic carbocycles. The third kappa shape index (κ3) is 5.03. The zero-order valence-corrected chi connectivity index (χ0v) is 21.4. The van der Waals surface area contributed by atoms with Crippen LogP contribution in [0, 0.1) is 11.3 Å². The van der Waals surface area contributed by atoms with Crippen LogP contribution < -0.4 is 9.80 Å². The topological polar surface area (TPSA) is 33.5 Å². The Morgan fingerprint density at radius 2 is 1.63 bits per heavy atom. The average Bonchev–Trinajstić information content (AvgIpc) is 3.06. The van der Waals surface area contributed by atoms with Gasteiger partial charge in [-0.2, -0.15) is 18.4 Å². The van der Waals surface area contributed by atoms with E-state index in [1.807, 2.05) is 18.7 Å². The number of halogens is 3. The number of likely N-dealkylation sites (tertiary alicyclic amines) is 1. The van der Waals surface area contributed by atoms with Crippen molar-refractivity contribution >= 4 is 28.7 Å². The number of hydrogen-bond donors (Lipinski definition) is 0. The SMILES string of the molecule is CC(C)N1CCC(c2ccc(N3C(=S)N(c4ccc(C#N)c(C(F)(F)F)c4)CC3(C)C)cc2)CC1. The van der Waals surface area contributed by atoms with Crippen molar-refractivity contribution in [1.82, 2.24) is 4.90 Å². The molecule has 0 amide bonds. The molecule has 0 aliphatic carbocycles. The first-order chi connectivity index (χ1) is 16.4. The highest BCUT2D eigenvalue weighted by Crippen LogP contribution is 2.39. The third-order valence-corrected chi connectivity index (χ3v) is 7.60. The summed E-state index contributed by atoms with van der Waals surface area (Å²) < 4.78 is 40.6. The van der Waals surface area contributed by atoms with Crippen molar-refractivity contribution in [2.24, 2.45) is 0 Å². The maximum atomic E-state index is 13.5. The monoisotopic (exact) mass is 500 g/mol. The summed E-state index contributed by atoms with van der Waals surface area (Å²) in [5.74, 6) is 0.536. The molecule has 0 unspecified atom stereocenters. The Morgan fingerprint density at radius 1 is 1.03 bits per heavy atom. The minimum Gasteiger partial charge on any atom is -0.316 e. The van der Waals surface area contributed by atoms with E-state index in [2.05, 4.69) is 43.0 Å². The van der Waals surface area contributed by atoms with E-state index < -0.39 is 22.8 Å². The largest absolute Gasteiger partial charge is 0.417 e. The fourth-order valence-corrected chi connectivity index (χ4v) is 5.77. The molecule has 35 heavy (non-hydrogen) atoms. The van der Waals surface area contributed by atoms with E-state index in [1.54, 1.807) is 11.0 Å². The summed E-state index contributed by atoms with van der Waals surface area (Å²) in [5.41, 5.74) is 0.828. The van der Waals surface area contributed by atoms with Crippen molar-refractivity contribution in [2.45, 2.75) is 64.2 Å². The summed E-state index contributed by atoms with van der Waals surface area (Å²) in [5, 5.41) is 9.57. The predicted octanol–water partition coefficient (Wildman–Crippen LogP) is 6.55. The van der Waals surface area contributed by atoms with Gasteiger partial charge in [-0.05, 0) is 108 Å². The zero-order valence-electron chi connectivity index (χ0n) is 20.6. The molecule has 2 aromatic rings. The smallest absolute Gasteiger partial charge is 0.316 e. The number of nitriles is 1. The van der Waals surface area contributed by atoms with Crippen LogP contribution in [-0.2, 0) is 6.18 Å². The first-order valence-corrected chi connectivity index (χ1v) is 12.4. The molecule has 0 bridgehead atoms. The molecule has 0 N–H and O–H groups in total. The molecule has 0 radical (unpaired) electrons. The predicted molar refractivity (Wildman–Crippen MR) is 138 cm³/mol. The first-order valence-electron chi connectivity index (χ1n) is 12.0. The number of piperidine rings is 1. The number of thiocarbonyl (C=S) groups is 1. The van der Waals surface area contributed by atoms with Crippen molar-refractivity contribution in [1.29, 1.82) is 5.26 Å². The molecule has 2 fully saturated rings. The Balaban J connectivity index is 1.56. The van der Waals surface area contributed by atoms with Gasteiger partial charge in [-0.15, -0.1) is 0 Å². The van der Waals surface area contributed by atoms with Crippen LogP contribution in [0.2, 0.25) is 0 Å². The van der Waals surface area contributed by atoms with Crippen molar-refractivity contribution in [3.63, 3.8) is 0 Å². The van der Waals surface area contributed by atoms with Gasteiger partial charge in [0.1, 0.15) is 0 Å². The lowest BCUT2D eigenvalue weighted by atomic mass is 9.89. The van der Waals surface area contributed by atoms with Crippen LogP contribution in [0.25, 0.3) is 0 Å². The van der Waals surface area contributed by atoms with Crippen LogP contribution in [0.15, 0.2) is 42.5 Å². The maximum absolute atomic E-state index is 13.5. The second-order valence-corrected chi connectivity index (χ2v) is 10.7. The van der Waals surface area contributed by atoms with Gasteiger partial charge in [-0.1, -0.05) is 12.1 Å². The van der Waals surface area contributed by atoms with Crippen molar-refractivity contribution in [3.05, 3.63) is 59.2 Å². The Morgan fingerprint density at radius 3 is 2.17 bits per heavy atom. The van der Waals surface area contributed by atoms with Gasteiger partial charge in [0.25, 0.3) is 0 Å². The molecule has 2 heterocycles. The van der Waals surface area contributed by atoms with E-state index in [1.165, 1.54) is 17.7 Å². The number of benzene rings is 2. The Bertz CT molecular complexity index is 1130. The van der Waals surface area contributed by atoms with Gasteiger partial charge in [0.15, 0.2) is 5.11 Å². The molecule has 4 rings (SSSR count). The maximum Gasteiger partial charge on any atom is 0.417 e. The molecule has 0 saturated carbocycles. The molecule has 0 spiro atoms. The zero-order chi connectivity index (χ0) is 25.5. The lowest BCUT2D eigenvalue weighted by Crippen LogP contribution is -2.42. The fraction of sp³-hybridized carbons (Fsp3) is 0.481. The summed E-state index contributed by atoms with van der Waals surface area (Å²) in [4.78, 5) is 6.25. The second-order valence-electron chi connectivity index (χ2n) is 10.4. The Labute approximate surface area is 210 Å². The Hall–Kier alpha value is -2.63. The van der Waals surface area contributed by atoms with Gasteiger partial charge < -0.3 is 14.7 Å². The average molecular weight is 501 g/mol. The molecular weight excluding hydrogens is 469 g/mol. The minimum absolute atomic E-state index is 0.338. The summed E-state index contributed by atoms with van der Waals surface area (Å²) in [7, 11) is 0. The van der Waals surface area contributed by atoms with Gasteiger partial charge in [0.05, 0.1) is 22.7 Å². The van der Waals surface area contributed by atoms with Crippen LogP contribution in [0.5, 0.6) is 0 Å². The van der Waals surface area contributed by atoms with Gasteiger partial charge in [0, 0.05) is 24.0 Å². The van der Waals surface area contributed by atoms with E-state index in [0.29, 0.717) is 29.3 Å². The number of nitrogens with zero attached hydrogens (tertiary/aromatic N) is 4. The van der Waals surface area contributed by atoms with E-state index in [9.17, 15) is 13.2 Å². The van der Waals surface area contributed by atoms with Crippen molar-refractivity contribution < 1.29 is 13.2 Å². The molecule has 2 aliphatic heterocycles. The third-order valence-electron chi connectivity index (χ3n) is 7.20. The standard InChI is InChI=1S/C27H31F3N4S/c1-18(2)32-13-11-20(12-14-32)19-5-8-22(9-6-19)34-25(35)33(17-26(34,3)4)23-10-7-21(16-31)24(15-23)27(28,29)30/h5-10,15,18,20H,11-14,17H2,1-4H3. The van der Waals surface area contributed by atoms with Gasteiger partial charge in [0.2, 0.25) is 0 Å². The number of alkyl halides is 3. The van der Waals surface area contributed by atoms with Crippen molar-refractivity contribution in [3.8, 4) is 6.07 Å². The van der Waals surface area contributed by atoms with Crippen molar-refractivity contribution in [2.75, 3.05) is 29.4 Å². The molecule has 0 atom stereocenters. The quantitative estimate of drug-likeness (QED) is 0.445. The van der Waals surface area contributed by atoms with E-state index in [-0.39, 0.29) is 0 Å². The molecule has 2 saturated heterocycles. The van der Waals surface area contributed by atoms with Crippen LogP contribution in [0.1, 0.15) is 63.1 Å². The fourth-order valence-electron chi connectivity index (χ4n) is 5.24. The summed E-state index contributed by atoms with van der Waals surface area (Å²) in [6.07, 6.45) is -2.34. The molecule has 186 valence electrons. The molecule has 2 aliphatic rings. The summed E-state index contributed by atoms with van der Waals surface area (Å²) in [6.45, 7) is 11.2. The summed E-state index contributed by atoms with van der Waals surface area (Å²) >= 11 is 5.77. The van der Waals surface area contributed by atoms with Crippen LogP contribution in [0.3, 0.4) is 0 Å². The highest BCUT2D eigenvalue weighted by atomic mass is 32.1. The molecule has 4 nitrogen and oxygen atoms in total. The molecule has 8 heteroatoms. The van der Waals surface area contributed by atoms with Gasteiger partial charge in [-0.25, -0.2) is 0 Å². The molecule has 0 aromatic heterocycles. The number of hydrogen-bond acceptors (Lipinski definition) is 3. The summed E-state index contributed by atoms with van der Waals surface area (Å²) in [6, 6.07) is 14.5. The first kappa shape index (κ1) is 25.5. The van der Waals surface area contributed by atoms with Crippen LogP contribution in [0.4, 0.5) is 24.5 Å². The van der Waals surface area contributed by atoms with Gasteiger partial charge >= 0.3 is 6.18 Å². The van der Waals surface area contributed by atoms with Crippen LogP contribution in [-0.4, -0.2) is 41.2 Å². The van der Waals surface area contributed by atoms with Crippen LogP contribution >= 0.6 is 12.2 Å². The lowest BCUT2D eigenvalue weighted by molar-refractivity contribution is -0.137. The number of anilines is 2. The second kappa shape index (κ2) is 9.44. The highest BCUT2D eigenvalue weighted by molar-refractivity contribution is 7.80. The van der Waals surface area contributed by atoms with E-state index >= 15 is 0 Å². The highest BCUT2D eigenvalue weighted by Gasteiger charge is 2.43. The van der Waals surface area contributed by atoms with E-state index in [4.69, 9.17) is 17.5 Å². The number of rotatable bonds is 4. The lowest BCUT2D eigenvalue weighted by Gasteiger charge is -2.35.